The standard InChI is InChI=1S/C26H30N4O2/c1-29(2)22-13-7-19(8-14-22)25(20-9-15-23(16-10-20)30(3)4)28-21-11-5-18(6-12-21)17-24(27)26(31)32/h5-16,24H,17,27H2,1-4H3,(H,31,32). The number of nitrogens with two attached hydrogens (primary N) is 1. The zero-order valence-electron chi connectivity index (χ0n) is 19.0. The maximum atomic E-state index is 11.0. The number of hydrogen-bond donors (Lipinski definition) is 2. The van der Waals surface area contributed by atoms with Crippen molar-refractivity contribution in [2.75, 3.05) is 38.0 Å². The Morgan fingerprint density at radius 3 is 1.62 bits per heavy atom. The summed E-state index contributed by atoms with van der Waals surface area (Å²) < 4.78 is 0. The van der Waals surface area contributed by atoms with E-state index in [2.05, 4.69) is 58.3 Å². The van der Waals surface area contributed by atoms with Crippen LogP contribution in [0.4, 0.5) is 17.1 Å². The van der Waals surface area contributed by atoms with Gasteiger partial charge in [0.15, 0.2) is 0 Å². The Morgan fingerprint density at radius 2 is 1.25 bits per heavy atom. The topological polar surface area (TPSA) is 82.2 Å². The molecule has 0 aliphatic heterocycles. The fourth-order valence-corrected chi connectivity index (χ4v) is 3.31. The lowest BCUT2D eigenvalue weighted by molar-refractivity contribution is -0.138. The smallest absolute Gasteiger partial charge is 0.320 e. The molecule has 1 unspecified atom stereocenters. The van der Waals surface area contributed by atoms with Gasteiger partial charge in [0, 0.05) is 50.7 Å². The predicted molar refractivity (Wildman–Crippen MR) is 133 cm³/mol. The molecule has 0 spiro atoms. The van der Waals surface area contributed by atoms with Crippen LogP contribution in [0.2, 0.25) is 0 Å². The molecule has 32 heavy (non-hydrogen) atoms. The Morgan fingerprint density at radius 1 is 0.812 bits per heavy atom. The van der Waals surface area contributed by atoms with Crippen LogP contribution < -0.4 is 15.5 Å². The molecule has 0 fully saturated rings. The summed E-state index contributed by atoms with van der Waals surface area (Å²) in [5.74, 6) is -1.00. The maximum absolute atomic E-state index is 11.0. The van der Waals surface area contributed by atoms with Crippen molar-refractivity contribution in [2.24, 2.45) is 10.7 Å². The van der Waals surface area contributed by atoms with Crippen LogP contribution in [0.3, 0.4) is 0 Å². The minimum absolute atomic E-state index is 0.282. The number of carboxylic acids is 1. The van der Waals surface area contributed by atoms with Gasteiger partial charge in [0.2, 0.25) is 0 Å². The van der Waals surface area contributed by atoms with Gasteiger partial charge in [-0.15, -0.1) is 0 Å². The number of aliphatic imine (C=N–C) groups is 1. The first-order valence-electron chi connectivity index (χ1n) is 10.5. The van der Waals surface area contributed by atoms with E-state index in [1.165, 1.54) is 0 Å². The largest absolute Gasteiger partial charge is 0.480 e. The van der Waals surface area contributed by atoms with E-state index in [4.69, 9.17) is 15.8 Å². The van der Waals surface area contributed by atoms with Crippen LogP contribution >= 0.6 is 0 Å². The lowest BCUT2D eigenvalue weighted by Crippen LogP contribution is -2.32. The van der Waals surface area contributed by atoms with E-state index in [0.717, 1.165) is 39.5 Å². The molecule has 0 saturated heterocycles. The van der Waals surface area contributed by atoms with Crippen LogP contribution in [-0.2, 0) is 11.2 Å². The minimum atomic E-state index is -1.00. The van der Waals surface area contributed by atoms with Crippen molar-refractivity contribution in [1.29, 1.82) is 0 Å². The van der Waals surface area contributed by atoms with E-state index in [1.54, 1.807) is 0 Å². The van der Waals surface area contributed by atoms with Gasteiger partial charge in [-0.1, -0.05) is 36.4 Å². The Labute approximate surface area is 189 Å². The SMILES string of the molecule is CN(C)c1ccc(C(=Nc2ccc(CC(N)C(=O)O)cc2)c2ccc(N(C)C)cc2)cc1. The Hall–Kier alpha value is -3.64. The first-order chi connectivity index (χ1) is 15.2. The number of aliphatic carboxylic acids is 1. The summed E-state index contributed by atoms with van der Waals surface area (Å²) in [5, 5.41) is 9.02. The second-order valence-electron chi connectivity index (χ2n) is 8.16. The maximum Gasteiger partial charge on any atom is 0.320 e. The van der Waals surface area contributed by atoms with E-state index < -0.39 is 12.0 Å². The van der Waals surface area contributed by atoms with Crippen molar-refractivity contribution >= 4 is 28.7 Å². The van der Waals surface area contributed by atoms with Gasteiger partial charge in [-0.2, -0.15) is 0 Å². The minimum Gasteiger partial charge on any atom is -0.480 e. The molecule has 0 radical (unpaired) electrons. The third-order valence-electron chi connectivity index (χ3n) is 5.26. The molecule has 166 valence electrons. The van der Waals surface area contributed by atoms with Gasteiger partial charge < -0.3 is 20.6 Å². The van der Waals surface area contributed by atoms with Crippen LogP contribution in [0.15, 0.2) is 77.8 Å². The van der Waals surface area contributed by atoms with Crippen molar-refractivity contribution in [2.45, 2.75) is 12.5 Å². The first kappa shape index (κ1) is 23.0. The molecule has 0 saturated carbocycles. The van der Waals surface area contributed by atoms with E-state index in [-0.39, 0.29) is 6.42 Å². The van der Waals surface area contributed by atoms with E-state index in [9.17, 15) is 4.79 Å². The van der Waals surface area contributed by atoms with Crippen molar-refractivity contribution in [3.05, 3.63) is 89.5 Å². The first-order valence-corrected chi connectivity index (χ1v) is 10.5. The number of hydrogen-bond acceptors (Lipinski definition) is 5. The van der Waals surface area contributed by atoms with Crippen LogP contribution in [-0.4, -0.2) is 51.0 Å². The van der Waals surface area contributed by atoms with Crippen LogP contribution in [0, 0.1) is 0 Å². The lowest BCUT2D eigenvalue weighted by atomic mass is 10.0. The molecule has 0 aliphatic rings. The summed E-state index contributed by atoms with van der Waals surface area (Å²) in [6.07, 6.45) is 0.282. The van der Waals surface area contributed by atoms with E-state index >= 15 is 0 Å². The fourth-order valence-electron chi connectivity index (χ4n) is 3.31. The average Bonchev–Trinajstić information content (AvgIpc) is 2.78. The molecule has 0 aromatic heterocycles. The van der Waals surface area contributed by atoms with Gasteiger partial charge >= 0.3 is 5.97 Å². The number of anilines is 2. The molecular formula is C26H30N4O2. The van der Waals surface area contributed by atoms with Crippen molar-refractivity contribution in [1.82, 2.24) is 0 Å². The molecule has 6 nitrogen and oxygen atoms in total. The van der Waals surface area contributed by atoms with Gasteiger partial charge in [0.05, 0.1) is 11.4 Å². The highest BCUT2D eigenvalue weighted by Crippen LogP contribution is 2.23. The predicted octanol–water partition coefficient (Wildman–Crippen LogP) is 3.94. The monoisotopic (exact) mass is 430 g/mol. The summed E-state index contributed by atoms with van der Waals surface area (Å²) in [6.45, 7) is 0. The molecule has 3 aromatic carbocycles. The highest BCUT2D eigenvalue weighted by Gasteiger charge is 2.12. The van der Waals surface area contributed by atoms with Crippen molar-refractivity contribution in [3.8, 4) is 0 Å². The zero-order valence-corrected chi connectivity index (χ0v) is 19.0. The van der Waals surface area contributed by atoms with Crippen LogP contribution in [0.1, 0.15) is 16.7 Å². The van der Waals surface area contributed by atoms with Gasteiger partial charge in [0.1, 0.15) is 6.04 Å². The molecule has 0 amide bonds. The Bertz CT molecular complexity index is 1020. The zero-order chi connectivity index (χ0) is 23.3. The molecular weight excluding hydrogens is 400 g/mol. The molecule has 6 heteroatoms. The number of nitrogens with zero attached hydrogens (tertiary/aromatic N) is 3. The Balaban J connectivity index is 1.98. The number of rotatable bonds is 8. The summed E-state index contributed by atoms with van der Waals surface area (Å²) in [7, 11) is 8.06. The molecule has 0 bridgehead atoms. The average molecular weight is 431 g/mol. The number of carboxylic acid groups (broad SMARTS) is 1. The van der Waals surface area contributed by atoms with Gasteiger partial charge in [0.25, 0.3) is 0 Å². The highest BCUT2D eigenvalue weighted by molar-refractivity contribution is 6.14. The summed E-state index contributed by atoms with van der Waals surface area (Å²) >= 11 is 0. The highest BCUT2D eigenvalue weighted by atomic mass is 16.4. The molecule has 1 atom stereocenters. The lowest BCUT2D eigenvalue weighted by Gasteiger charge is -2.15. The summed E-state index contributed by atoms with van der Waals surface area (Å²) in [6, 6.07) is 23.3. The number of benzene rings is 3. The van der Waals surface area contributed by atoms with Gasteiger partial charge in [-0.25, -0.2) is 4.99 Å². The quantitative estimate of drug-likeness (QED) is 0.529. The third-order valence-corrected chi connectivity index (χ3v) is 5.26. The fraction of sp³-hybridized carbons (Fsp3) is 0.231. The number of carbonyl (C=O) groups is 1. The molecule has 3 aromatic rings. The van der Waals surface area contributed by atoms with E-state index in [1.807, 2.05) is 52.5 Å². The van der Waals surface area contributed by atoms with Crippen LogP contribution in [0.5, 0.6) is 0 Å². The molecule has 3 N–H and O–H groups in total. The van der Waals surface area contributed by atoms with Gasteiger partial charge in [-0.05, 0) is 48.4 Å². The van der Waals surface area contributed by atoms with E-state index in [0.29, 0.717) is 0 Å². The third kappa shape index (κ3) is 5.74. The van der Waals surface area contributed by atoms with Gasteiger partial charge in [-0.3, -0.25) is 4.79 Å². The van der Waals surface area contributed by atoms with Crippen molar-refractivity contribution < 1.29 is 9.90 Å². The second kappa shape index (κ2) is 10.1. The normalized spacial score (nSPS) is 11.5. The molecule has 3 rings (SSSR count). The summed E-state index contributed by atoms with van der Waals surface area (Å²) in [5.41, 5.74) is 12.5. The summed E-state index contributed by atoms with van der Waals surface area (Å²) in [4.78, 5) is 20.1. The van der Waals surface area contributed by atoms with Crippen LogP contribution in [0.25, 0.3) is 0 Å². The Kier molecular flexibility index (Phi) is 7.28. The molecule has 0 aliphatic carbocycles. The molecule has 0 heterocycles. The second-order valence-corrected chi connectivity index (χ2v) is 8.16. The van der Waals surface area contributed by atoms with Crippen molar-refractivity contribution in [3.63, 3.8) is 0 Å².